The van der Waals surface area contributed by atoms with Crippen molar-refractivity contribution >= 4 is 28.9 Å². The van der Waals surface area contributed by atoms with E-state index in [2.05, 4.69) is 20.3 Å². The molecule has 4 aromatic rings. The zero-order chi connectivity index (χ0) is 30.2. The summed E-state index contributed by atoms with van der Waals surface area (Å²) in [5.41, 5.74) is 0.540. The van der Waals surface area contributed by atoms with Crippen LogP contribution in [0.25, 0.3) is 16.7 Å². The Bertz CT molecular complexity index is 1620. The van der Waals surface area contributed by atoms with E-state index in [4.69, 9.17) is 9.84 Å². The Balaban J connectivity index is 1.36. The van der Waals surface area contributed by atoms with Crippen LogP contribution in [0.3, 0.4) is 0 Å². The molecule has 220 valence electrons. The van der Waals surface area contributed by atoms with Gasteiger partial charge in [0, 0.05) is 30.8 Å². The average Bonchev–Trinajstić information content (AvgIpc) is 3.33. The minimum Gasteiger partial charge on any atom is -0.492 e. The van der Waals surface area contributed by atoms with Gasteiger partial charge in [0.1, 0.15) is 23.3 Å². The summed E-state index contributed by atoms with van der Waals surface area (Å²) in [7, 11) is 0. The summed E-state index contributed by atoms with van der Waals surface area (Å²) < 4.78 is 46.0. The summed E-state index contributed by atoms with van der Waals surface area (Å²) in [4.78, 5) is 38.9. The lowest BCUT2D eigenvalue weighted by atomic mass is 9.93. The molecule has 0 atom stereocenters. The Kier molecular flexibility index (Phi) is 7.47. The maximum absolute atomic E-state index is 13.0. The number of ether oxygens (including phenoxy) is 1. The Morgan fingerprint density at radius 3 is 2.36 bits per heavy atom. The SMILES string of the molecule is CC(C)(C)OC(=O)N1CCC(c2nn(-c3ccc(C(=O)Nc4cc(C(F)(F)F)ccn4)cc3)c3c(O)ncnc23)CC1. The van der Waals surface area contributed by atoms with Crippen molar-refractivity contribution in [2.75, 3.05) is 18.4 Å². The van der Waals surface area contributed by atoms with E-state index in [9.17, 15) is 27.9 Å². The molecule has 5 rings (SSSR count). The number of pyridine rings is 1. The largest absolute Gasteiger partial charge is 0.492 e. The maximum atomic E-state index is 13.0. The fourth-order valence-electron chi connectivity index (χ4n) is 4.70. The molecule has 0 unspecified atom stereocenters. The second-order valence-electron chi connectivity index (χ2n) is 10.9. The fraction of sp³-hybridized carbons (Fsp3) is 0.357. The Hall–Kier alpha value is -4.75. The predicted octanol–water partition coefficient (Wildman–Crippen LogP) is 5.30. The highest BCUT2D eigenvalue weighted by Gasteiger charge is 2.32. The molecular weight excluding hydrogens is 555 g/mol. The average molecular weight is 584 g/mol. The third kappa shape index (κ3) is 6.11. The van der Waals surface area contributed by atoms with Gasteiger partial charge < -0.3 is 20.1 Å². The van der Waals surface area contributed by atoms with E-state index >= 15 is 0 Å². The number of carbonyl (C=O) groups is 2. The van der Waals surface area contributed by atoms with Crippen molar-refractivity contribution in [1.29, 1.82) is 0 Å². The highest BCUT2D eigenvalue weighted by molar-refractivity contribution is 6.03. The zero-order valence-electron chi connectivity index (χ0n) is 23.0. The van der Waals surface area contributed by atoms with E-state index in [1.807, 2.05) is 20.8 Å². The van der Waals surface area contributed by atoms with E-state index in [0.717, 1.165) is 18.3 Å². The van der Waals surface area contributed by atoms with Crippen LogP contribution in [0.5, 0.6) is 5.88 Å². The Labute approximate surface area is 238 Å². The lowest BCUT2D eigenvalue weighted by Crippen LogP contribution is -2.41. The number of amides is 2. The standard InChI is InChI=1S/C28H28F3N7O4/c1-27(2,3)42-26(41)37-12-9-16(10-13-37)21-22-23(25(40)34-15-33-22)38(36-21)19-6-4-17(5-7-19)24(39)35-20-14-18(8-11-32-20)28(29,30)31/h4-8,11,14-16H,9-10,12-13H2,1-3H3,(H,32,35,39)(H,33,34,40). The number of carbonyl (C=O) groups excluding carboxylic acids is 2. The van der Waals surface area contributed by atoms with Crippen LogP contribution in [-0.4, -0.2) is 65.4 Å². The first-order valence-electron chi connectivity index (χ1n) is 13.2. The molecule has 0 radical (unpaired) electrons. The van der Waals surface area contributed by atoms with Gasteiger partial charge in [-0.2, -0.15) is 18.3 Å². The van der Waals surface area contributed by atoms with E-state index in [1.54, 1.807) is 17.0 Å². The molecule has 11 nitrogen and oxygen atoms in total. The lowest BCUT2D eigenvalue weighted by molar-refractivity contribution is -0.137. The quantitative estimate of drug-likeness (QED) is 0.330. The highest BCUT2D eigenvalue weighted by atomic mass is 19.4. The second-order valence-corrected chi connectivity index (χ2v) is 10.9. The summed E-state index contributed by atoms with van der Waals surface area (Å²) >= 11 is 0. The summed E-state index contributed by atoms with van der Waals surface area (Å²) in [6, 6.07) is 7.70. The van der Waals surface area contributed by atoms with E-state index in [-0.39, 0.29) is 34.8 Å². The number of hydrogen-bond donors (Lipinski definition) is 2. The Morgan fingerprint density at radius 1 is 1.02 bits per heavy atom. The third-order valence-electron chi connectivity index (χ3n) is 6.70. The van der Waals surface area contributed by atoms with Gasteiger partial charge in [-0.05, 0) is 70.0 Å². The van der Waals surface area contributed by atoms with Gasteiger partial charge in [0.2, 0.25) is 5.88 Å². The van der Waals surface area contributed by atoms with Crippen LogP contribution < -0.4 is 5.32 Å². The summed E-state index contributed by atoms with van der Waals surface area (Å²) in [5.74, 6) is -1.21. The number of anilines is 1. The van der Waals surface area contributed by atoms with Crippen LogP contribution in [0.1, 0.15) is 61.1 Å². The van der Waals surface area contributed by atoms with Crippen LogP contribution >= 0.6 is 0 Å². The Morgan fingerprint density at radius 2 is 1.71 bits per heavy atom. The third-order valence-corrected chi connectivity index (χ3v) is 6.70. The van der Waals surface area contributed by atoms with E-state index in [0.29, 0.717) is 42.8 Å². The van der Waals surface area contributed by atoms with Gasteiger partial charge in [-0.15, -0.1) is 0 Å². The smallest absolute Gasteiger partial charge is 0.416 e. The number of piperidine rings is 1. The van der Waals surface area contributed by atoms with Crippen LogP contribution in [0.2, 0.25) is 0 Å². The molecule has 42 heavy (non-hydrogen) atoms. The van der Waals surface area contributed by atoms with Crippen LogP contribution in [-0.2, 0) is 10.9 Å². The number of fused-ring (bicyclic) bond motifs is 1. The number of nitrogens with zero attached hydrogens (tertiary/aromatic N) is 6. The molecule has 0 spiro atoms. The molecule has 0 aliphatic carbocycles. The first-order valence-corrected chi connectivity index (χ1v) is 13.2. The number of halogens is 3. The molecule has 2 amide bonds. The minimum absolute atomic E-state index is 0.0493. The van der Waals surface area contributed by atoms with Crippen molar-refractivity contribution in [3.63, 3.8) is 0 Å². The zero-order valence-corrected chi connectivity index (χ0v) is 23.0. The molecule has 2 N–H and O–H groups in total. The number of benzene rings is 1. The normalized spacial score (nSPS) is 14.7. The molecular formula is C28H28F3N7O4. The predicted molar refractivity (Wildman–Crippen MR) is 145 cm³/mol. The summed E-state index contributed by atoms with van der Waals surface area (Å²) in [5, 5.41) is 17.7. The van der Waals surface area contributed by atoms with Gasteiger partial charge in [-0.25, -0.2) is 24.4 Å². The molecule has 0 saturated carbocycles. The molecule has 1 fully saturated rings. The highest BCUT2D eigenvalue weighted by Crippen LogP contribution is 2.35. The van der Waals surface area contributed by atoms with Gasteiger partial charge in [-0.3, -0.25) is 4.79 Å². The van der Waals surface area contributed by atoms with E-state index in [1.165, 1.54) is 23.1 Å². The number of nitrogens with one attached hydrogen (secondary N) is 1. The van der Waals surface area contributed by atoms with Gasteiger partial charge in [0.05, 0.1) is 16.9 Å². The molecule has 0 bridgehead atoms. The number of rotatable bonds is 4. The van der Waals surface area contributed by atoms with Crippen molar-refractivity contribution in [1.82, 2.24) is 29.6 Å². The molecule has 3 aromatic heterocycles. The molecule has 4 heterocycles. The number of alkyl halides is 3. The molecule has 1 aliphatic rings. The minimum atomic E-state index is -4.57. The lowest BCUT2D eigenvalue weighted by Gasteiger charge is -2.32. The number of aromatic nitrogens is 5. The van der Waals surface area contributed by atoms with Crippen molar-refractivity contribution in [3.8, 4) is 11.6 Å². The van der Waals surface area contributed by atoms with Gasteiger partial charge in [0.25, 0.3) is 5.91 Å². The maximum Gasteiger partial charge on any atom is 0.416 e. The number of likely N-dealkylation sites (tertiary alicyclic amines) is 1. The molecule has 1 aliphatic heterocycles. The number of hydrogen-bond acceptors (Lipinski definition) is 8. The van der Waals surface area contributed by atoms with Gasteiger partial charge in [-0.1, -0.05) is 0 Å². The van der Waals surface area contributed by atoms with Crippen LogP contribution in [0.15, 0.2) is 48.9 Å². The van der Waals surface area contributed by atoms with Crippen molar-refractivity contribution in [3.05, 3.63) is 65.7 Å². The van der Waals surface area contributed by atoms with E-state index < -0.39 is 23.2 Å². The topological polar surface area (TPSA) is 135 Å². The van der Waals surface area contributed by atoms with Crippen LogP contribution in [0.4, 0.5) is 23.8 Å². The van der Waals surface area contributed by atoms with Gasteiger partial charge >= 0.3 is 12.3 Å². The molecule has 1 saturated heterocycles. The number of aromatic hydroxyl groups is 1. The molecule has 1 aromatic carbocycles. The fourth-order valence-corrected chi connectivity index (χ4v) is 4.70. The second kappa shape index (κ2) is 10.9. The first-order chi connectivity index (χ1) is 19.8. The van der Waals surface area contributed by atoms with Crippen LogP contribution in [0, 0.1) is 0 Å². The summed E-state index contributed by atoms with van der Waals surface area (Å²) in [6.07, 6.45) is -1.50. The van der Waals surface area contributed by atoms with Crippen molar-refractivity contribution in [2.45, 2.75) is 51.3 Å². The van der Waals surface area contributed by atoms with Crippen molar-refractivity contribution < 1.29 is 32.6 Å². The monoisotopic (exact) mass is 583 g/mol. The summed E-state index contributed by atoms with van der Waals surface area (Å²) in [6.45, 7) is 6.38. The van der Waals surface area contributed by atoms with Crippen molar-refractivity contribution in [2.24, 2.45) is 0 Å². The first kappa shape index (κ1) is 28.8. The molecule has 14 heteroatoms. The van der Waals surface area contributed by atoms with Gasteiger partial charge in [0.15, 0.2) is 5.52 Å².